The van der Waals surface area contributed by atoms with Gasteiger partial charge in [-0.3, -0.25) is 9.59 Å². The normalized spacial score (nSPS) is 17.8. The number of nitrogens with zero attached hydrogens (tertiary/aromatic N) is 3. The summed E-state index contributed by atoms with van der Waals surface area (Å²) in [6, 6.07) is 12.9. The molecule has 0 radical (unpaired) electrons. The van der Waals surface area contributed by atoms with Crippen molar-refractivity contribution in [3.05, 3.63) is 69.5 Å². The fraction of sp³-hybridized carbons (Fsp3) is 0.318. The Balaban J connectivity index is 1.91. The van der Waals surface area contributed by atoms with E-state index in [2.05, 4.69) is 16.9 Å². The van der Waals surface area contributed by atoms with E-state index < -0.39 is 11.9 Å². The van der Waals surface area contributed by atoms with Gasteiger partial charge in [-0.2, -0.15) is 5.10 Å². The van der Waals surface area contributed by atoms with E-state index in [0.717, 1.165) is 11.8 Å². The van der Waals surface area contributed by atoms with Crippen LogP contribution in [0.25, 0.3) is 10.8 Å². The summed E-state index contributed by atoms with van der Waals surface area (Å²) in [6.07, 6.45) is 0.964. The lowest BCUT2D eigenvalue weighted by atomic mass is 10.1. The van der Waals surface area contributed by atoms with E-state index in [1.54, 1.807) is 36.4 Å². The predicted molar refractivity (Wildman–Crippen MR) is 117 cm³/mol. The number of morpholine rings is 1. The molecule has 1 saturated heterocycles. The number of rotatable bonds is 5. The van der Waals surface area contributed by atoms with E-state index >= 15 is 0 Å². The fourth-order valence-electron chi connectivity index (χ4n) is 3.83. The second-order valence-corrected chi connectivity index (χ2v) is 7.76. The van der Waals surface area contributed by atoms with Crippen LogP contribution in [0.1, 0.15) is 24.9 Å². The van der Waals surface area contributed by atoms with Crippen LogP contribution in [0, 0.1) is 0 Å². The quantitative estimate of drug-likeness (QED) is 0.677. The second-order valence-electron chi connectivity index (χ2n) is 7.32. The highest BCUT2D eigenvalue weighted by Crippen LogP contribution is 2.27. The molecular formula is C22H23ClN4O3. The first kappa shape index (κ1) is 20.4. The number of carbonyl (C=O) groups excluding carboxylic acids is 1. The molecule has 1 aromatic heterocycles. The Bertz CT molecular complexity index is 1130. The third-order valence-corrected chi connectivity index (χ3v) is 5.65. The van der Waals surface area contributed by atoms with Gasteiger partial charge in [0.15, 0.2) is 11.9 Å². The van der Waals surface area contributed by atoms with E-state index in [-0.39, 0.29) is 11.7 Å². The molecule has 1 amide bonds. The smallest absolute Gasteiger partial charge is 0.275 e. The number of anilines is 1. The third kappa shape index (κ3) is 3.78. The van der Waals surface area contributed by atoms with Crippen molar-refractivity contribution in [3.8, 4) is 0 Å². The first-order valence-electron chi connectivity index (χ1n) is 9.92. The molecule has 0 bridgehead atoms. The van der Waals surface area contributed by atoms with Crippen LogP contribution < -0.4 is 16.2 Å². The number of aromatic nitrogens is 2. The lowest BCUT2D eigenvalue weighted by Gasteiger charge is -2.34. The van der Waals surface area contributed by atoms with Gasteiger partial charge < -0.3 is 15.4 Å². The highest BCUT2D eigenvalue weighted by Gasteiger charge is 2.28. The molecule has 156 valence electrons. The number of hydrogen-bond donors (Lipinski definition) is 1. The Morgan fingerprint density at radius 1 is 1.23 bits per heavy atom. The lowest BCUT2D eigenvalue weighted by Crippen LogP contribution is -2.44. The predicted octanol–water partition coefficient (Wildman–Crippen LogP) is 2.74. The van der Waals surface area contributed by atoms with Crippen LogP contribution in [0.3, 0.4) is 0 Å². The zero-order chi connectivity index (χ0) is 21.3. The molecular weight excluding hydrogens is 404 g/mol. The second kappa shape index (κ2) is 8.45. The van der Waals surface area contributed by atoms with Crippen LogP contribution in [-0.4, -0.2) is 41.5 Å². The number of hydrogen-bond acceptors (Lipinski definition) is 5. The zero-order valence-electron chi connectivity index (χ0n) is 16.6. The Morgan fingerprint density at radius 2 is 1.93 bits per heavy atom. The molecule has 4 rings (SSSR count). The van der Waals surface area contributed by atoms with Gasteiger partial charge >= 0.3 is 0 Å². The molecule has 8 heteroatoms. The van der Waals surface area contributed by atoms with E-state index in [0.29, 0.717) is 41.5 Å². The van der Waals surface area contributed by atoms with Crippen molar-refractivity contribution in [3.63, 3.8) is 0 Å². The minimum atomic E-state index is -1.04. The number of fused-ring (bicyclic) bond motifs is 1. The maximum atomic E-state index is 13.3. The van der Waals surface area contributed by atoms with Crippen LogP contribution in [0.15, 0.2) is 53.3 Å². The number of carbonyl (C=O) groups is 1. The van der Waals surface area contributed by atoms with Crippen molar-refractivity contribution >= 4 is 34.1 Å². The topological polar surface area (TPSA) is 90.5 Å². The van der Waals surface area contributed by atoms with Crippen molar-refractivity contribution in [2.45, 2.75) is 25.5 Å². The highest BCUT2D eigenvalue weighted by atomic mass is 35.5. The summed E-state index contributed by atoms with van der Waals surface area (Å²) in [5.41, 5.74) is 5.90. The Morgan fingerprint density at radius 3 is 2.60 bits per heavy atom. The van der Waals surface area contributed by atoms with Crippen LogP contribution in [0.5, 0.6) is 0 Å². The summed E-state index contributed by atoms with van der Waals surface area (Å²) in [6.45, 7) is 3.95. The molecule has 1 aliphatic rings. The van der Waals surface area contributed by atoms with Crippen molar-refractivity contribution in [2.75, 3.05) is 24.6 Å². The van der Waals surface area contributed by atoms with Crippen LogP contribution >= 0.6 is 11.6 Å². The molecule has 0 spiro atoms. The molecule has 0 aliphatic carbocycles. The molecule has 2 N–H and O–H groups in total. The van der Waals surface area contributed by atoms with Crippen LogP contribution in [0.2, 0.25) is 5.02 Å². The Hall–Kier alpha value is -2.90. The number of ether oxygens (including phenoxy) is 1. The Labute approximate surface area is 179 Å². The zero-order valence-corrected chi connectivity index (χ0v) is 17.4. The number of benzene rings is 2. The summed E-state index contributed by atoms with van der Waals surface area (Å²) in [4.78, 5) is 27.8. The molecule has 3 aromatic rings. The number of halogens is 1. The summed E-state index contributed by atoms with van der Waals surface area (Å²) in [5.74, 6) is -0.0197. The number of primary amides is 1. The van der Waals surface area contributed by atoms with Gasteiger partial charge in [-0.25, -0.2) is 4.68 Å². The molecule has 0 saturated carbocycles. The Kier molecular flexibility index (Phi) is 5.74. The largest absolute Gasteiger partial charge is 0.375 e. The summed E-state index contributed by atoms with van der Waals surface area (Å²) in [7, 11) is 0. The first-order valence-corrected chi connectivity index (χ1v) is 10.3. The summed E-state index contributed by atoms with van der Waals surface area (Å²) in [5, 5.41) is 6.42. The summed E-state index contributed by atoms with van der Waals surface area (Å²) < 4.78 is 6.98. The number of nitrogens with two attached hydrogens (primary N) is 1. The van der Waals surface area contributed by atoms with Gasteiger partial charge in [0.25, 0.3) is 5.56 Å². The molecule has 2 heterocycles. The molecule has 2 unspecified atom stereocenters. The van der Waals surface area contributed by atoms with Gasteiger partial charge in [0.05, 0.1) is 18.1 Å². The van der Waals surface area contributed by atoms with E-state index in [1.807, 2.05) is 12.1 Å². The van der Waals surface area contributed by atoms with Gasteiger partial charge in [0, 0.05) is 23.5 Å². The lowest BCUT2D eigenvalue weighted by molar-refractivity contribution is -0.120. The minimum Gasteiger partial charge on any atom is -0.375 e. The summed E-state index contributed by atoms with van der Waals surface area (Å²) >= 11 is 5.99. The van der Waals surface area contributed by atoms with Crippen molar-refractivity contribution in [2.24, 2.45) is 5.73 Å². The van der Waals surface area contributed by atoms with Gasteiger partial charge in [0.2, 0.25) is 5.91 Å². The van der Waals surface area contributed by atoms with E-state index in [4.69, 9.17) is 22.1 Å². The fourth-order valence-corrected chi connectivity index (χ4v) is 3.95. The molecule has 1 aliphatic heterocycles. The van der Waals surface area contributed by atoms with Gasteiger partial charge in [-0.15, -0.1) is 0 Å². The van der Waals surface area contributed by atoms with Crippen molar-refractivity contribution in [1.82, 2.24) is 9.78 Å². The van der Waals surface area contributed by atoms with Crippen molar-refractivity contribution in [1.29, 1.82) is 0 Å². The molecule has 2 atom stereocenters. The number of amides is 1. The van der Waals surface area contributed by atoms with E-state index in [1.165, 1.54) is 4.68 Å². The maximum absolute atomic E-state index is 13.3. The van der Waals surface area contributed by atoms with Crippen molar-refractivity contribution < 1.29 is 9.53 Å². The SMILES string of the molecule is CCC1CN(c2nn(C(C(N)=O)c3ccc(Cl)cc3)c(=O)c3ccccc23)CCO1. The van der Waals surface area contributed by atoms with Gasteiger partial charge in [-0.05, 0) is 30.2 Å². The molecule has 30 heavy (non-hydrogen) atoms. The minimum absolute atomic E-state index is 0.0860. The molecule has 2 aromatic carbocycles. The third-order valence-electron chi connectivity index (χ3n) is 5.40. The monoisotopic (exact) mass is 426 g/mol. The molecule has 7 nitrogen and oxygen atoms in total. The average Bonchev–Trinajstić information content (AvgIpc) is 2.76. The maximum Gasteiger partial charge on any atom is 0.275 e. The van der Waals surface area contributed by atoms with E-state index in [9.17, 15) is 9.59 Å². The molecule has 1 fully saturated rings. The first-order chi connectivity index (χ1) is 14.5. The van der Waals surface area contributed by atoms with Gasteiger partial charge in [0.1, 0.15) is 0 Å². The highest BCUT2D eigenvalue weighted by molar-refractivity contribution is 6.30. The average molecular weight is 427 g/mol. The van der Waals surface area contributed by atoms with Crippen LogP contribution in [-0.2, 0) is 9.53 Å². The standard InChI is InChI=1S/C22H23ClN4O3/c1-2-16-13-26(11-12-30-16)21-17-5-3-4-6-18(17)22(29)27(25-21)19(20(24)28)14-7-9-15(23)10-8-14/h3-10,16,19H,2,11-13H2,1H3,(H2,24,28). The van der Waals surface area contributed by atoms with Crippen LogP contribution in [0.4, 0.5) is 5.82 Å². The van der Waals surface area contributed by atoms with Gasteiger partial charge in [-0.1, -0.05) is 48.9 Å².